The molecule has 1 aliphatic carbocycles. The average molecular weight is 466 g/mol. The first-order valence-corrected chi connectivity index (χ1v) is 11.1. The van der Waals surface area contributed by atoms with Crippen LogP contribution in [0.15, 0.2) is 42.5 Å². The van der Waals surface area contributed by atoms with Crippen molar-refractivity contribution in [3.63, 3.8) is 0 Å². The fraction of sp³-hybridized carbons (Fsp3) is 0.269. The molecule has 0 amide bonds. The van der Waals surface area contributed by atoms with Gasteiger partial charge in [-0.3, -0.25) is 0 Å². The number of rotatable bonds is 3. The first-order valence-electron chi connectivity index (χ1n) is 10.7. The van der Waals surface area contributed by atoms with Gasteiger partial charge in [0.2, 0.25) is 0 Å². The quantitative estimate of drug-likeness (QED) is 0.532. The first kappa shape index (κ1) is 20.5. The molecule has 6 rings (SSSR count). The van der Waals surface area contributed by atoms with Crippen LogP contribution in [0.2, 0.25) is 5.02 Å². The third-order valence-corrected chi connectivity index (χ3v) is 7.53. The normalized spacial score (nSPS) is 26.0. The van der Waals surface area contributed by atoms with Gasteiger partial charge in [0.1, 0.15) is 17.7 Å². The second-order valence-corrected chi connectivity index (χ2v) is 9.22. The van der Waals surface area contributed by atoms with Gasteiger partial charge in [-0.05, 0) is 18.1 Å². The number of fused-ring (bicyclic) bond motifs is 4. The zero-order valence-electron chi connectivity index (χ0n) is 17.5. The number of benzene rings is 3. The Hall–Kier alpha value is -3.14. The van der Waals surface area contributed by atoms with Crippen molar-refractivity contribution in [3.8, 4) is 28.7 Å². The number of hydrogen-bond acceptors (Lipinski definition) is 4. The van der Waals surface area contributed by atoms with Crippen molar-refractivity contribution in [2.75, 3.05) is 6.61 Å². The summed E-state index contributed by atoms with van der Waals surface area (Å²) in [6.45, 7) is 1.42. The molecule has 33 heavy (non-hydrogen) atoms. The minimum atomic E-state index is -1.21. The summed E-state index contributed by atoms with van der Waals surface area (Å²) in [4.78, 5) is 0. The molecular formula is C26H18ClF2NO3. The fourth-order valence-electron chi connectivity index (χ4n) is 5.34. The maximum Gasteiger partial charge on any atom is 0.174 e. The topological polar surface area (TPSA) is 62.5 Å². The fourth-order valence-corrected chi connectivity index (χ4v) is 5.59. The van der Waals surface area contributed by atoms with Gasteiger partial charge in [-0.15, -0.1) is 0 Å². The highest BCUT2D eigenvalue weighted by atomic mass is 35.5. The molecule has 166 valence electrons. The van der Waals surface area contributed by atoms with Crippen LogP contribution < -0.4 is 9.47 Å². The molecule has 2 unspecified atom stereocenters. The van der Waals surface area contributed by atoms with Gasteiger partial charge in [0.25, 0.3) is 0 Å². The maximum absolute atomic E-state index is 15.9. The lowest BCUT2D eigenvalue weighted by molar-refractivity contribution is 0.00737. The van der Waals surface area contributed by atoms with Crippen LogP contribution in [0.4, 0.5) is 8.78 Å². The molecule has 2 aliphatic heterocycles. The van der Waals surface area contributed by atoms with Crippen LogP contribution in [0.1, 0.15) is 47.4 Å². The lowest BCUT2D eigenvalue weighted by atomic mass is 9.78. The van der Waals surface area contributed by atoms with Crippen molar-refractivity contribution in [2.24, 2.45) is 0 Å². The molecule has 4 nitrogen and oxygen atoms in total. The van der Waals surface area contributed by atoms with Crippen molar-refractivity contribution < 1.29 is 23.4 Å². The monoisotopic (exact) mass is 465 g/mol. The predicted octanol–water partition coefficient (Wildman–Crippen LogP) is 5.79. The minimum Gasteiger partial charge on any atom is -0.486 e. The van der Waals surface area contributed by atoms with Crippen molar-refractivity contribution >= 4 is 11.6 Å². The van der Waals surface area contributed by atoms with Crippen LogP contribution in [0.25, 0.3) is 11.1 Å². The molecule has 0 saturated heterocycles. The summed E-state index contributed by atoms with van der Waals surface area (Å²) in [5.41, 5.74) is 0.607. The van der Waals surface area contributed by atoms with E-state index in [-0.39, 0.29) is 45.2 Å². The molecule has 2 heterocycles. The lowest BCUT2D eigenvalue weighted by Gasteiger charge is -2.31. The lowest BCUT2D eigenvalue weighted by Crippen LogP contribution is -2.38. The number of nitriles is 1. The molecule has 0 spiro atoms. The summed E-state index contributed by atoms with van der Waals surface area (Å²) in [5.74, 6) is -1.70. The molecule has 3 aliphatic rings. The SMILES string of the molecule is C[C@H]1c2c(cc(F)c(Cl)c2-c2c(C#N)cc3c(c2F)OC2CC32)O[C@]1(CO)c1ccccc1. The average Bonchev–Trinajstić information content (AvgIpc) is 3.42. The Labute approximate surface area is 193 Å². The van der Waals surface area contributed by atoms with Gasteiger partial charge in [-0.25, -0.2) is 8.78 Å². The van der Waals surface area contributed by atoms with E-state index in [1.165, 1.54) is 0 Å². The molecule has 4 atom stereocenters. The van der Waals surface area contributed by atoms with E-state index in [1.807, 2.05) is 37.3 Å². The number of nitrogens with zero attached hydrogens (tertiary/aromatic N) is 1. The van der Waals surface area contributed by atoms with E-state index in [4.69, 9.17) is 21.1 Å². The summed E-state index contributed by atoms with van der Waals surface area (Å²) in [7, 11) is 0. The highest BCUT2D eigenvalue weighted by Gasteiger charge is 2.52. The zero-order valence-corrected chi connectivity index (χ0v) is 18.3. The Balaban J connectivity index is 1.62. The van der Waals surface area contributed by atoms with Gasteiger partial charge in [0.05, 0.1) is 23.3 Å². The van der Waals surface area contributed by atoms with Crippen LogP contribution in [-0.2, 0) is 5.60 Å². The Morgan fingerprint density at radius 1 is 1.21 bits per heavy atom. The van der Waals surface area contributed by atoms with Crippen molar-refractivity contribution in [1.82, 2.24) is 0 Å². The van der Waals surface area contributed by atoms with E-state index >= 15 is 8.78 Å². The summed E-state index contributed by atoms with van der Waals surface area (Å²) < 4.78 is 42.8. The number of aliphatic hydroxyl groups excluding tert-OH is 1. The number of ether oxygens (including phenoxy) is 2. The van der Waals surface area contributed by atoms with E-state index in [9.17, 15) is 10.4 Å². The highest BCUT2D eigenvalue weighted by molar-refractivity contribution is 6.34. The van der Waals surface area contributed by atoms with Crippen LogP contribution in [0.3, 0.4) is 0 Å². The van der Waals surface area contributed by atoms with E-state index < -0.39 is 29.8 Å². The molecular weight excluding hydrogens is 448 g/mol. The number of hydrogen-bond donors (Lipinski definition) is 1. The largest absolute Gasteiger partial charge is 0.486 e. The van der Waals surface area contributed by atoms with E-state index in [0.717, 1.165) is 12.5 Å². The molecule has 0 aromatic heterocycles. The molecule has 7 heteroatoms. The van der Waals surface area contributed by atoms with Gasteiger partial charge < -0.3 is 14.6 Å². The first-order chi connectivity index (χ1) is 15.9. The Bertz CT molecular complexity index is 1370. The molecule has 1 saturated carbocycles. The third kappa shape index (κ3) is 2.64. The summed E-state index contributed by atoms with van der Waals surface area (Å²) in [6, 6.07) is 13.9. The summed E-state index contributed by atoms with van der Waals surface area (Å²) in [5, 5.41) is 20.0. The Kier molecular flexibility index (Phi) is 4.30. The maximum atomic E-state index is 15.9. The Morgan fingerprint density at radius 3 is 2.67 bits per heavy atom. The van der Waals surface area contributed by atoms with Crippen LogP contribution >= 0.6 is 11.6 Å². The highest BCUT2D eigenvalue weighted by Crippen LogP contribution is 2.59. The van der Waals surface area contributed by atoms with Crippen molar-refractivity contribution in [2.45, 2.75) is 36.9 Å². The zero-order chi connectivity index (χ0) is 23.1. The number of halogens is 3. The van der Waals surface area contributed by atoms with E-state index in [0.29, 0.717) is 16.7 Å². The van der Waals surface area contributed by atoms with E-state index in [1.54, 1.807) is 6.07 Å². The van der Waals surface area contributed by atoms with E-state index in [2.05, 4.69) is 6.07 Å². The molecule has 3 aromatic carbocycles. The third-order valence-electron chi connectivity index (χ3n) is 7.16. The van der Waals surface area contributed by atoms with Gasteiger partial charge >= 0.3 is 0 Å². The number of aliphatic hydroxyl groups is 1. The van der Waals surface area contributed by atoms with Gasteiger partial charge in [0.15, 0.2) is 17.2 Å². The van der Waals surface area contributed by atoms with Gasteiger partial charge in [-0.2, -0.15) is 5.26 Å². The van der Waals surface area contributed by atoms with Crippen molar-refractivity contribution in [3.05, 3.63) is 81.4 Å². The van der Waals surface area contributed by atoms with Crippen LogP contribution in [0.5, 0.6) is 11.5 Å². The predicted molar refractivity (Wildman–Crippen MR) is 118 cm³/mol. The second kappa shape index (κ2) is 6.93. The smallest absolute Gasteiger partial charge is 0.174 e. The molecule has 1 N–H and O–H groups in total. The van der Waals surface area contributed by atoms with Crippen LogP contribution in [-0.4, -0.2) is 17.8 Å². The molecule has 3 aromatic rings. The molecule has 0 radical (unpaired) electrons. The summed E-state index contributed by atoms with van der Waals surface area (Å²) >= 11 is 6.44. The van der Waals surface area contributed by atoms with Crippen molar-refractivity contribution in [1.29, 1.82) is 5.26 Å². The standard InChI is InChI=1S/C26H18ClF2NO3/c1-12-20-19(33-26(12,11-31)14-5-3-2-4-6-14)9-17(28)23(27)22(20)21-13(10-30)7-16-15-8-18(15)32-25(16)24(21)29/h2-7,9,12,15,18,31H,8,11H2,1H3/t12-,15?,18?,26-/m0/s1. The van der Waals surface area contributed by atoms with Crippen LogP contribution in [0, 0.1) is 23.0 Å². The van der Waals surface area contributed by atoms with Gasteiger partial charge in [-0.1, -0.05) is 48.9 Å². The molecule has 0 bridgehead atoms. The summed E-state index contributed by atoms with van der Waals surface area (Å²) in [6.07, 6.45) is 0.723. The minimum absolute atomic E-state index is 0.0607. The molecule has 1 fully saturated rings. The second-order valence-electron chi connectivity index (χ2n) is 8.84. The Morgan fingerprint density at radius 2 is 1.97 bits per heavy atom. The van der Waals surface area contributed by atoms with Gasteiger partial charge in [0, 0.05) is 40.2 Å².